The van der Waals surface area contributed by atoms with Crippen molar-refractivity contribution >= 4 is 17.3 Å². The molecular weight excluding hydrogens is 320 g/mol. The monoisotopic (exact) mass is 352 g/mol. The molecule has 1 fully saturated rings. The van der Waals surface area contributed by atoms with Crippen molar-refractivity contribution in [3.63, 3.8) is 0 Å². The molecule has 1 aliphatic rings. The topological polar surface area (TPSA) is 58.5 Å². The van der Waals surface area contributed by atoms with Crippen molar-refractivity contribution in [2.75, 3.05) is 19.7 Å². The van der Waals surface area contributed by atoms with Gasteiger partial charge in [0.1, 0.15) is 5.01 Å². The molecule has 0 spiro atoms. The van der Waals surface area contributed by atoms with Gasteiger partial charge in [-0.3, -0.25) is 0 Å². The fraction of sp³-hybridized carbons (Fsp3) is 0.778. The number of hydrogen-bond donors (Lipinski definition) is 2. The lowest BCUT2D eigenvalue weighted by atomic mass is 10.1. The second-order valence-corrected chi connectivity index (χ2v) is 7.38. The van der Waals surface area contributed by atoms with Gasteiger partial charge in [-0.05, 0) is 26.2 Å². The van der Waals surface area contributed by atoms with Gasteiger partial charge in [0.2, 0.25) is 0 Å². The molecule has 5 nitrogen and oxygen atoms in total. The molecule has 2 N–H and O–H groups in total. The molecule has 0 radical (unpaired) electrons. The Balaban J connectivity index is 1.70. The molecule has 0 aliphatic heterocycles. The van der Waals surface area contributed by atoms with Crippen LogP contribution in [0.25, 0.3) is 0 Å². The maximum atomic E-state index is 6.02. The smallest absolute Gasteiger partial charge is 0.191 e. The molecule has 0 saturated heterocycles. The lowest BCUT2D eigenvalue weighted by molar-refractivity contribution is 0.0468. The van der Waals surface area contributed by atoms with E-state index in [2.05, 4.69) is 34.5 Å². The third-order valence-electron chi connectivity index (χ3n) is 4.22. The van der Waals surface area contributed by atoms with Crippen LogP contribution in [0.1, 0.15) is 62.3 Å². The minimum absolute atomic E-state index is 0.455. The highest BCUT2D eigenvalue weighted by molar-refractivity contribution is 7.11. The predicted octanol–water partition coefficient (Wildman–Crippen LogP) is 3.50. The molecule has 24 heavy (non-hydrogen) atoms. The van der Waals surface area contributed by atoms with Crippen LogP contribution in [0.15, 0.2) is 11.2 Å². The second kappa shape index (κ2) is 11.4. The van der Waals surface area contributed by atoms with Crippen LogP contribution in [0.5, 0.6) is 0 Å². The van der Waals surface area contributed by atoms with Crippen LogP contribution in [0, 0.1) is 0 Å². The van der Waals surface area contributed by atoms with E-state index in [1.54, 1.807) is 11.3 Å². The minimum atomic E-state index is 0.455. The third kappa shape index (κ3) is 7.18. The highest BCUT2D eigenvalue weighted by Gasteiger charge is 2.12. The molecule has 0 bridgehead atoms. The van der Waals surface area contributed by atoms with Crippen LogP contribution >= 0.6 is 11.3 Å². The van der Waals surface area contributed by atoms with Gasteiger partial charge in [0.15, 0.2) is 5.96 Å². The average Bonchev–Trinajstić information content (AvgIpc) is 2.91. The number of aliphatic imine (C=N–C) groups is 1. The number of guanidine groups is 1. The van der Waals surface area contributed by atoms with Crippen LogP contribution in [0.3, 0.4) is 0 Å². The number of hydrogen-bond acceptors (Lipinski definition) is 4. The Morgan fingerprint density at radius 1 is 1.25 bits per heavy atom. The zero-order valence-electron chi connectivity index (χ0n) is 15.1. The van der Waals surface area contributed by atoms with Crippen molar-refractivity contribution in [2.45, 2.75) is 71.4 Å². The quantitative estimate of drug-likeness (QED) is 0.325. The van der Waals surface area contributed by atoms with Crippen molar-refractivity contribution in [3.05, 3.63) is 16.1 Å². The number of rotatable bonds is 8. The number of nitrogens with one attached hydrogen (secondary N) is 2. The van der Waals surface area contributed by atoms with Gasteiger partial charge in [-0.2, -0.15) is 0 Å². The normalized spacial score (nSPS) is 16.8. The molecule has 2 rings (SSSR count). The van der Waals surface area contributed by atoms with E-state index < -0.39 is 0 Å². The molecule has 1 aromatic rings. The standard InChI is InChI=1S/C18H32N4OS/c1-3-16-13-21-17(24-16)14-22-18(19-4-2)20-11-12-23-15-9-7-5-6-8-10-15/h13,15H,3-12,14H2,1-2H3,(H2,19,20,22). The van der Waals surface area contributed by atoms with Crippen molar-refractivity contribution in [1.29, 1.82) is 0 Å². The third-order valence-corrected chi connectivity index (χ3v) is 5.34. The summed E-state index contributed by atoms with van der Waals surface area (Å²) >= 11 is 1.74. The fourth-order valence-electron chi connectivity index (χ4n) is 2.88. The van der Waals surface area contributed by atoms with Crippen molar-refractivity contribution in [2.24, 2.45) is 4.99 Å². The number of ether oxygens (including phenoxy) is 1. The highest BCUT2D eigenvalue weighted by atomic mass is 32.1. The summed E-state index contributed by atoms with van der Waals surface area (Å²) in [4.78, 5) is 10.3. The van der Waals surface area contributed by atoms with E-state index in [0.29, 0.717) is 12.6 Å². The van der Waals surface area contributed by atoms with E-state index >= 15 is 0 Å². The van der Waals surface area contributed by atoms with Crippen LogP contribution in [-0.4, -0.2) is 36.7 Å². The zero-order chi connectivity index (χ0) is 17.0. The summed E-state index contributed by atoms with van der Waals surface area (Å²) in [6.45, 7) is 7.25. The summed E-state index contributed by atoms with van der Waals surface area (Å²) in [5.74, 6) is 0.843. The van der Waals surface area contributed by atoms with Gasteiger partial charge < -0.3 is 15.4 Å². The number of aromatic nitrogens is 1. The summed E-state index contributed by atoms with van der Waals surface area (Å²) in [5.41, 5.74) is 0. The van der Waals surface area contributed by atoms with Gasteiger partial charge in [0.25, 0.3) is 0 Å². The van der Waals surface area contributed by atoms with Crippen LogP contribution in [0.2, 0.25) is 0 Å². The van der Waals surface area contributed by atoms with E-state index in [0.717, 1.165) is 37.1 Å². The lowest BCUT2D eigenvalue weighted by Gasteiger charge is -2.16. The van der Waals surface area contributed by atoms with E-state index in [-0.39, 0.29) is 0 Å². The first-order valence-corrected chi connectivity index (χ1v) is 10.2. The Kier molecular flexibility index (Phi) is 9.13. The van der Waals surface area contributed by atoms with Gasteiger partial charge in [-0.1, -0.05) is 32.6 Å². The van der Waals surface area contributed by atoms with Crippen LogP contribution < -0.4 is 10.6 Å². The van der Waals surface area contributed by atoms with E-state index in [1.807, 2.05) is 6.20 Å². The Hall–Kier alpha value is -1.14. The lowest BCUT2D eigenvalue weighted by Crippen LogP contribution is -2.39. The van der Waals surface area contributed by atoms with Crippen molar-refractivity contribution in [1.82, 2.24) is 15.6 Å². The summed E-state index contributed by atoms with van der Waals surface area (Å²) in [6.07, 6.45) is 11.3. The van der Waals surface area contributed by atoms with Crippen molar-refractivity contribution in [3.8, 4) is 0 Å². The zero-order valence-corrected chi connectivity index (χ0v) is 16.0. The first-order chi connectivity index (χ1) is 11.8. The molecule has 1 saturated carbocycles. The largest absolute Gasteiger partial charge is 0.376 e. The first-order valence-electron chi connectivity index (χ1n) is 9.39. The first kappa shape index (κ1) is 19.2. The molecule has 1 aromatic heterocycles. The van der Waals surface area contributed by atoms with Gasteiger partial charge in [0.05, 0.1) is 19.3 Å². The molecule has 0 aromatic carbocycles. The second-order valence-electron chi connectivity index (χ2n) is 6.18. The van der Waals surface area contributed by atoms with Crippen LogP contribution in [-0.2, 0) is 17.7 Å². The maximum absolute atomic E-state index is 6.02. The predicted molar refractivity (Wildman–Crippen MR) is 102 cm³/mol. The van der Waals surface area contributed by atoms with E-state index in [1.165, 1.54) is 43.4 Å². The SMILES string of the molecule is CCNC(=NCc1ncc(CC)s1)NCCOC1CCCCCC1. The maximum Gasteiger partial charge on any atom is 0.191 e. The summed E-state index contributed by atoms with van der Waals surface area (Å²) in [6, 6.07) is 0. The fourth-order valence-corrected chi connectivity index (χ4v) is 3.66. The van der Waals surface area contributed by atoms with Gasteiger partial charge in [-0.25, -0.2) is 9.98 Å². The van der Waals surface area contributed by atoms with E-state index in [9.17, 15) is 0 Å². The number of nitrogens with zero attached hydrogens (tertiary/aromatic N) is 2. The molecule has 0 atom stereocenters. The molecule has 136 valence electrons. The number of aryl methyl sites for hydroxylation is 1. The summed E-state index contributed by atoms with van der Waals surface area (Å²) < 4.78 is 6.02. The Morgan fingerprint density at radius 3 is 2.71 bits per heavy atom. The van der Waals surface area contributed by atoms with Gasteiger partial charge in [-0.15, -0.1) is 11.3 Å². The Morgan fingerprint density at radius 2 is 2.04 bits per heavy atom. The van der Waals surface area contributed by atoms with Gasteiger partial charge >= 0.3 is 0 Å². The summed E-state index contributed by atoms with van der Waals surface area (Å²) in [7, 11) is 0. The molecule has 0 unspecified atom stereocenters. The molecule has 0 amide bonds. The summed E-state index contributed by atoms with van der Waals surface area (Å²) in [5, 5.41) is 7.71. The molecule has 1 aliphatic carbocycles. The number of thiazole rings is 1. The molecule has 6 heteroatoms. The van der Waals surface area contributed by atoms with E-state index in [4.69, 9.17) is 4.74 Å². The Labute approximate surface area is 150 Å². The van der Waals surface area contributed by atoms with Crippen LogP contribution in [0.4, 0.5) is 0 Å². The van der Waals surface area contributed by atoms with Gasteiger partial charge in [0, 0.05) is 24.2 Å². The molecule has 1 heterocycles. The average molecular weight is 353 g/mol. The minimum Gasteiger partial charge on any atom is -0.376 e. The van der Waals surface area contributed by atoms with Crippen molar-refractivity contribution < 1.29 is 4.74 Å². The molecular formula is C18H32N4OS. The Bertz CT molecular complexity index is 481. The highest BCUT2D eigenvalue weighted by Crippen LogP contribution is 2.19.